The maximum atomic E-state index is 11.9. The number of piperazine rings is 1. The minimum atomic E-state index is -1.17. The van der Waals surface area contributed by atoms with Gasteiger partial charge in [0.05, 0.1) is 0 Å². The molecule has 0 radical (unpaired) electrons. The van der Waals surface area contributed by atoms with Gasteiger partial charge < -0.3 is 26.0 Å². The number of carboxylic acid groups (broad SMARTS) is 1. The van der Waals surface area contributed by atoms with Crippen LogP contribution in [-0.4, -0.2) is 72.1 Å². The average Bonchev–Trinajstić information content (AvgIpc) is 2.27. The minimum absolute atomic E-state index is 0.380. The molecule has 1 saturated heterocycles. The van der Waals surface area contributed by atoms with E-state index >= 15 is 0 Å². The molecule has 8 nitrogen and oxygen atoms in total. The summed E-state index contributed by atoms with van der Waals surface area (Å²) in [5, 5.41) is 11.7. The van der Waals surface area contributed by atoms with Gasteiger partial charge in [-0.1, -0.05) is 0 Å². The van der Waals surface area contributed by atoms with Crippen LogP contribution in [0.15, 0.2) is 0 Å². The van der Waals surface area contributed by atoms with Crippen LogP contribution in [0.1, 0.15) is 0 Å². The van der Waals surface area contributed by atoms with Gasteiger partial charge in [-0.2, -0.15) is 0 Å². The van der Waals surface area contributed by atoms with Gasteiger partial charge in [0.25, 0.3) is 0 Å². The number of primary amides is 1. The number of nitrogens with one attached hydrogen (secondary N) is 1. The first kappa shape index (κ1) is 13.2. The molecular weight excluding hydrogens is 228 g/mol. The highest BCUT2D eigenvalue weighted by atomic mass is 16.4. The average molecular weight is 244 g/mol. The molecule has 8 heteroatoms. The molecule has 1 aliphatic rings. The number of nitrogens with zero attached hydrogens (tertiary/aromatic N) is 2. The summed E-state index contributed by atoms with van der Waals surface area (Å²) in [6.45, 7) is 1.40. The third kappa shape index (κ3) is 4.27. The van der Waals surface area contributed by atoms with Crippen LogP contribution in [0.3, 0.4) is 0 Å². The molecule has 0 atom stereocenters. The number of carboxylic acids is 1. The van der Waals surface area contributed by atoms with Gasteiger partial charge in [-0.3, -0.25) is 9.59 Å². The molecule has 0 unspecified atom stereocenters. The van der Waals surface area contributed by atoms with Gasteiger partial charge in [0, 0.05) is 26.2 Å². The number of hydrogen-bond donors (Lipinski definition) is 3. The van der Waals surface area contributed by atoms with E-state index in [0.29, 0.717) is 26.2 Å². The van der Waals surface area contributed by atoms with Crippen molar-refractivity contribution in [2.45, 2.75) is 0 Å². The van der Waals surface area contributed by atoms with E-state index in [2.05, 4.69) is 5.32 Å². The van der Waals surface area contributed by atoms with Crippen LogP contribution in [0.25, 0.3) is 0 Å². The predicted octanol–water partition coefficient (Wildman–Crippen LogP) is -2.12. The summed E-state index contributed by atoms with van der Waals surface area (Å²) in [6, 6.07) is -0.465. The van der Waals surface area contributed by atoms with Crippen LogP contribution < -0.4 is 11.1 Å². The van der Waals surface area contributed by atoms with Crippen molar-refractivity contribution in [3.05, 3.63) is 0 Å². The van der Waals surface area contributed by atoms with Crippen molar-refractivity contribution in [3.63, 3.8) is 0 Å². The largest absolute Gasteiger partial charge is 0.480 e. The molecule has 0 spiro atoms. The highest BCUT2D eigenvalue weighted by molar-refractivity contribution is 5.86. The number of carbonyl (C=O) groups excluding carboxylic acids is 2. The Kier molecular flexibility index (Phi) is 4.70. The zero-order valence-corrected chi connectivity index (χ0v) is 9.39. The summed E-state index contributed by atoms with van der Waals surface area (Å²) in [5.74, 6) is -1.90. The molecule has 1 heterocycles. The van der Waals surface area contributed by atoms with Crippen molar-refractivity contribution < 1.29 is 19.5 Å². The van der Waals surface area contributed by atoms with Crippen LogP contribution in [0.2, 0.25) is 0 Å². The Balaban J connectivity index is 2.63. The van der Waals surface area contributed by atoms with E-state index in [-0.39, 0.29) is 6.54 Å². The monoisotopic (exact) mass is 244 g/mol. The van der Waals surface area contributed by atoms with Crippen molar-refractivity contribution in [1.29, 1.82) is 0 Å². The van der Waals surface area contributed by atoms with Crippen LogP contribution in [-0.2, 0) is 9.59 Å². The summed E-state index contributed by atoms with van der Waals surface area (Å²) >= 11 is 0. The summed E-state index contributed by atoms with van der Waals surface area (Å²) in [7, 11) is 0. The lowest BCUT2D eigenvalue weighted by molar-refractivity contribution is -0.138. The fourth-order valence-corrected chi connectivity index (χ4v) is 1.60. The smallest absolute Gasteiger partial charge is 0.323 e. The second-order valence-electron chi connectivity index (χ2n) is 3.74. The molecule has 0 aromatic carbocycles. The molecular formula is C9H16N4O4. The molecule has 1 aliphatic heterocycles. The molecule has 0 aliphatic carbocycles. The second-order valence-corrected chi connectivity index (χ2v) is 3.74. The van der Waals surface area contributed by atoms with Gasteiger partial charge in [-0.25, -0.2) is 4.79 Å². The predicted molar refractivity (Wildman–Crippen MR) is 58.2 cm³/mol. The molecule has 0 saturated carbocycles. The van der Waals surface area contributed by atoms with Gasteiger partial charge in [0.15, 0.2) is 0 Å². The van der Waals surface area contributed by atoms with Gasteiger partial charge in [0.2, 0.25) is 5.91 Å². The third-order valence-electron chi connectivity index (χ3n) is 2.33. The SMILES string of the molecule is NC(=O)CN(CC(=O)O)C(=O)N1CCNCC1. The highest BCUT2D eigenvalue weighted by Crippen LogP contribution is 2.01. The third-order valence-corrected chi connectivity index (χ3v) is 2.33. The van der Waals surface area contributed by atoms with E-state index < -0.39 is 24.5 Å². The van der Waals surface area contributed by atoms with E-state index in [0.717, 1.165) is 4.90 Å². The van der Waals surface area contributed by atoms with Crippen molar-refractivity contribution in [1.82, 2.24) is 15.1 Å². The van der Waals surface area contributed by atoms with E-state index in [1.807, 2.05) is 0 Å². The summed E-state index contributed by atoms with van der Waals surface area (Å²) in [6.07, 6.45) is 0. The Labute approximate surface area is 98.3 Å². The van der Waals surface area contributed by atoms with Crippen molar-refractivity contribution in [3.8, 4) is 0 Å². The Bertz CT molecular complexity index is 298. The van der Waals surface area contributed by atoms with Crippen molar-refractivity contribution in [2.75, 3.05) is 39.3 Å². The zero-order valence-electron chi connectivity index (χ0n) is 9.39. The molecule has 1 rings (SSSR count). The molecule has 0 bridgehead atoms. The lowest BCUT2D eigenvalue weighted by Gasteiger charge is -2.32. The Morgan fingerprint density at radius 3 is 2.29 bits per heavy atom. The second kappa shape index (κ2) is 6.04. The first-order valence-corrected chi connectivity index (χ1v) is 5.25. The van der Waals surface area contributed by atoms with Crippen LogP contribution in [0.5, 0.6) is 0 Å². The van der Waals surface area contributed by atoms with E-state index in [1.165, 1.54) is 4.90 Å². The van der Waals surface area contributed by atoms with E-state index in [4.69, 9.17) is 10.8 Å². The number of nitrogens with two attached hydrogens (primary N) is 1. The maximum Gasteiger partial charge on any atom is 0.323 e. The number of aliphatic carboxylic acids is 1. The number of urea groups is 1. The number of rotatable bonds is 4. The zero-order chi connectivity index (χ0) is 12.8. The topological polar surface area (TPSA) is 116 Å². The van der Waals surface area contributed by atoms with Gasteiger partial charge in [-0.05, 0) is 0 Å². The number of carbonyl (C=O) groups is 3. The first-order chi connectivity index (χ1) is 8.00. The molecule has 0 aromatic rings. The molecule has 96 valence electrons. The van der Waals surface area contributed by atoms with Crippen LogP contribution in [0.4, 0.5) is 4.79 Å². The Hall–Kier alpha value is -1.83. The lowest BCUT2D eigenvalue weighted by Crippen LogP contribution is -2.53. The Morgan fingerprint density at radius 1 is 1.24 bits per heavy atom. The maximum absolute atomic E-state index is 11.9. The molecule has 3 amide bonds. The van der Waals surface area contributed by atoms with Gasteiger partial charge in [0.1, 0.15) is 13.1 Å². The normalized spacial score (nSPS) is 15.4. The summed E-state index contributed by atoms with van der Waals surface area (Å²) < 4.78 is 0. The molecule has 17 heavy (non-hydrogen) atoms. The highest BCUT2D eigenvalue weighted by Gasteiger charge is 2.25. The summed E-state index contributed by atoms with van der Waals surface area (Å²) in [5.41, 5.74) is 4.98. The van der Waals surface area contributed by atoms with Gasteiger partial charge in [-0.15, -0.1) is 0 Å². The summed E-state index contributed by atoms with van der Waals surface area (Å²) in [4.78, 5) is 35.7. The fraction of sp³-hybridized carbons (Fsp3) is 0.667. The van der Waals surface area contributed by atoms with Crippen LogP contribution >= 0.6 is 0 Å². The number of hydrogen-bond acceptors (Lipinski definition) is 4. The van der Waals surface area contributed by atoms with E-state index in [1.54, 1.807) is 0 Å². The van der Waals surface area contributed by atoms with Gasteiger partial charge >= 0.3 is 12.0 Å². The Morgan fingerprint density at radius 2 is 1.82 bits per heavy atom. The van der Waals surface area contributed by atoms with Crippen molar-refractivity contribution in [2.24, 2.45) is 5.73 Å². The number of amides is 3. The standard InChI is InChI=1S/C9H16N4O4/c10-7(14)5-13(6-8(15)16)9(17)12-3-1-11-2-4-12/h11H,1-6H2,(H2,10,14)(H,15,16). The first-order valence-electron chi connectivity index (χ1n) is 5.25. The van der Waals surface area contributed by atoms with Crippen molar-refractivity contribution >= 4 is 17.9 Å². The molecule has 4 N–H and O–H groups in total. The van der Waals surface area contributed by atoms with E-state index in [9.17, 15) is 14.4 Å². The van der Waals surface area contributed by atoms with Crippen LogP contribution in [0, 0.1) is 0 Å². The fourth-order valence-electron chi connectivity index (χ4n) is 1.60. The lowest BCUT2D eigenvalue weighted by atomic mass is 10.3. The minimum Gasteiger partial charge on any atom is -0.480 e. The molecule has 0 aromatic heterocycles. The molecule has 1 fully saturated rings. The quantitative estimate of drug-likeness (QED) is 0.523.